The van der Waals surface area contributed by atoms with Crippen molar-refractivity contribution in [3.63, 3.8) is 0 Å². The van der Waals surface area contributed by atoms with Crippen molar-refractivity contribution < 1.29 is 0 Å². The lowest BCUT2D eigenvalue weighted by Crippen LogP contribution is -2.19. The van der Waals surface area contributed by atoms with Crippen LogP contribution in [0.2, 0.25) is 0 Å². The van der Waals surface area contributed by atoms with Gasteiger partial charge in [0.25, 0.3) is 0 Å². The van der Waals surface area contributed by atoms with Crippen molar-refractivity contribution in [3.05, 3.63) is 78.7 Å². The van der Waals surface area contributed by atoms with Crippen molar-refractivity contribution in [2.24, 2.45) is 0 Å². The van der Waals surface area contributed by atoms with E-state index in [-0.39, 0.29) is 5.41 Å². The van der Waals surface area contributed by atoms with Crippen LogP contribution in [0.1, 0.15) is 40.2 Å². The summed E-state index contributed by atoms with van der Waals surface area (Å²) >= 11 is 0. The zero-order valence-electron chi connectivity index (χ0n) is 14.0. The summed E-state index contributed by atoms with van der Waals surface area (Å²) in [4.78, 5) is 2.06. The third kappa shape index (κ3) is 4.49. The van der Waals surface area contributed by atoms with Gasteiger partial charge in [-0.15, -0.1) is 0 Å². The first-order valence-electron chi connectivity index (χ1n) is 7.35. The second kappa shape index (κ2) is 7.12. The Morgan fingerprint density at radius 1 is 0.905 bits per heavy atom. The van der Waals surface area contributed by atoms with E-state index in [2.05, 4.69) is 63.1 Å². The summed E-state index contributed by atoms with van der Waals surface area (Å²) in [6.45, 7) is 18.9. The van der Waals surface area contributed by atoms with Crippen molar-refractivity contribution >= 4 is 5.69 Å². The Morgan fingerprint density at radius 3 is 1.67 bits per heavy atom. The molecule has 0 amide bonds. The lowest BCUT2D eigenvalue weighted by atomic mass is 9.87. The minimum atomic E-state index is 0.157. The highest BCUT2D eigenvalue weighted by atomic mass is 15.1. The number of nitrogens with zero attached hydrogens (tertiary/aromatic N) is 1. The maximum atomic E-state index is 4.14. The summed E-state index contributed by atoms with van der Waals surface area (Å²) in [7, 11) is 0. The van der Waals surface area contributed by atoms with Gasteiger partial charge in [-0.1, -0.05) is 58.2 Å². The standard InChI is InChI=1S/C20H27N/c1-8-10-16(3)21(17(4)11-9-2)19-14-12-18(13-15-19)20(5,6)7/h8-15H,3-4H2,1-2,5-7H3/b10-8-,11-9-. The van der Waals surface area contributed by atoms with E-state index in [9.17, 15) is 0 Å². The highest BCUT2D eigenvalue weighted by molar-refractivity contribution is 5.62. The zero-order chi connectivity index (χ0) is 16.0. The smallest absolute Gasteiger partial charge is 0.0461 e. The molecule has 0 bridgehead atoms. The van der Waals surface area contributed by atoms with Gasteiger partial charge in [-0.3, -0.25) is 0 Å². The van der Waals surface area contributed by atoms with Gasteiger partial charge in [0.1, 0.15) is 0 Å². The first-order valence-corrected chi connectivity index (χ1v) is 7.35. The van der Waals surface area contributed by atoms with E-state index in [1.54, 1.807) is 0 Å². The Bertz CT molecular complexity index is 526. The molecule has 1 aromatic rings. The second-order valence-corrected chi connectivity index (χ2v) is 6.11. The van der Waals surface area contributed by atoms with Gasteiger partial charge in [-0.05, 0) is 49.1 Å². The molecule has 0 saturated carbocycles. The molecule has 0 radical (unpaired) electrons. The van der Waals surface area contributed by atoms with Crippen molar-refractivity contribution in [3.8, 4) is 0 Å². The van der Waals surface area contributed by atoms with E-state index < -0.39 is 0 Å². The molecule has 0 fully saturated rings. The third-order valence-electron chi connectivity index (χ3n) is 3.28. The first kappa shape index (κ1) is 17.0. The van der Waals surface area contributed by atoms with Crippen LogP contribution in [0.15, 0.2) is 73.1 Å². The van der Waals surface area contributed by atoms with Gasteiger partial charge >= 0.3 is 0 Å². The number of benzene rings is 1. The van der Waals surface area contributed by atoms with Crippen LogP contribution in [-0.2, 0) is 5.41 Å². The monoisotopic (exact) mass is 281 g/mol. The largest absolute Gasteiger partial charge is 0.312 e. The molecule has 1 nitrogen and oxygen atoms in total. The molecule has 0 heterocycles. The van der Waals surface area contributed by atoms with Crippen LogP contribution in [0.25, 0.3) is 0 Å². The molecule has 1 heteroatoms. The van der Waals surface area contributed by atoms with Gasteiger partial charge in [-0.2, -0.15) is 0 Å². The Morgan fingerprint density at radius 2 is 1.33 bits per heavy atom. The lowest BCUT2D eigenvalue weighted by molar-refractivity contribution is 0.590. The summed E-state index contributed by atoms with van der Waals surface area (Å²) in [5.74, 6) is 0. The highest BCUT2D eigenvalue weighted by Crippen LogP contribution is 2.28. The van der Waals surface area contributed by atoms with E-state index in [0.29, 0.717) is 0 Å². The number of rotatable bonds is 5. The summed E-state index contributed by atoms with van der Waals surface area (Å²) < 4.78 is 0. The van der Waals surface area contributed by atoms with Crippen LogP contribution >= 0.6 is 0 Å². The summed E-state index contributed by atoms with van der Waals surface area (Å²) in [6.07, 6.45) is 7.96. The molecule has 112 valence electrons. The molecular weight excluding hydrogens is 254 g/mol. The van der Waals surface area contributed by atoms with Crippen LogP contribution in [0.3, 0.4) is 0 Å². The topological polar surface area (TPSA) is 3.24 Å². The van der Waals surface area contributed by atoms with E-state index in [1.807, 2.05) is 38.2 Å². The molecule has 0 aliphatic carbocycles. The minimum Gasteiger partial charge on any atom is -0.312 e. The Hall–Kier alpha value is -2.02. The average Bonchev–Trinajstić information content (AvgIpc) is 2.39. The average molecular weight is 281 g/mol. The van der Waals surface area contributed by atoms with E-state index in [0.717, 1.165) is 17.1 Å². The second-order valence-electron chi connectivity index (χ2n) is 6.11. The predicted molar refractivity (Wildman–Crippen MR) is 95.5 cm³/mol. The van der Waals surface area contributed by atoms with Crippen LogP contribution in [0.4, 0.5) is 5.69 Å². The minimum absolute atomic E-state index is 0.157. The Labute approximate surface area is 130 Å². The van der Waals surface area contributed by atoms with Gasteiger partial charge in [0, 0.05) is 17.1 Å². The molecule has 0 aliphatic rings. The first-order chi connectivity index (χ1) is 9.81. The molecule has 0 atom stereocenters. The van der Waals surface area contributed by atoms with Crippen LogP contribution in [-0.4, -0.2) is 0 Å². The van der Waals surface area contributed by atoms with E-state index in [1.165, 1.54) is 5.56 Å². The fourth-order valence-corrected chi connectivity index (χ4v) is 2.16. The lowest BCUT2D eigenvalue weighted by Gasteiger charge is -2.27. The maximum absolute atomic E-state index is 4.14. The number of hydrogen-bond acceptors (Lipinski definition) is 1. The van der Waals surface area contributed by atoms with Crippen LogP contribution < -0.4 is 4.90 Å². The Balaban J connectivity index is 3.21. The van der Waals surface area contributed by atoms with Crippen molar-refractivity contribution in [1.29, 1.82) is 0 Å². The highest BCUT2D eigenvalue weighted by Gasteiger charge is 2.15. The quantitative estimate of drug-likeness (QED) is 0.601. The molecule has 1 aromatic carbocycles. The SMILES string of the molecule is C=C(/C=C\C)N(C(=C)/C=C\C)c1ccc(C(C)(C)C)cc1. The van der Waals surface area contributed by atoms with Gasteiger partial charge < -0.3 is 4.90 Å². The van der Waals surface area contributed by atoms with Gasteiger partial charge in [0.05, 0.1) is 0 Å². The number of hydrogen-bond donors (Lipinski definition) is 0. The van der Waals surface area contributed by atoms with Gasteiger partial charge in [-0.25, -0.2) is 0 Å². The van der Waals surface area contributed by atoms with Crippen LogP contribution in [0, 0.1) is 0 Å². The van der Waals surface area contributed by atoms with Gasteiger partial charge in [0.2, 0.25) is 0 Å². The maximum Gasteiger partial charge on any atom is 0.0461 e. The normalized spacial score (nSPS) is 12.0. The summed E-state index contributed by atoms with van der Waals surface area (Å²) in [6, 6.07) is 8.61. The number of anilines is 1. The van der Waals surface area contributed by atoms with Crippen LogP contribution in [0.5, 0.6) is 0 Å². The zero-order valence-corrected chi connectivity index (χ0v) is 14.0. The molecule has 0 unspecified atom stereocenters. The van der Waals surface area contributed by atoms with E-state index in [4.69, 9.17) is 0 Å². The molecule has 1 rings (SSSR count). The number of allylic oxidation sites excluding steroid dienone is 4. The molecule has 0 N–H and O–H groups in total. The van der Waals surface area contributed by atoms with Crippen molar-refractivity contribution in [2.45, 2.75) is 40.0 Å². The third-order valence-corrected chi connectivity index (χ3v) is 3.28. The van der Waals surface area contributed by atoms with Gasteiger partial charge in [0.15, 0.2) is 0 Å². The summed E-state index contributed by atoms with van der Waals surface area (Å²) in [5, 5.41) is 0. The molecule has 0 aromatic heterocycles. The molecular formula is C20H27N. The van der Waals surface area contributed by atoms with Crippen molar-refractivity contribution in [2.75, 3.05) is 4.90 Å². The molecule has 0 spiro atoms. The van der Waals surface area contributed by atoms with E-state index >= 15 is 0 Å². The summed E-state index contributed by atoms with van der Waals surface area (Å²) in [5.41, 5.74) is 4.37. The molecule has 0 saturated heterocycles. The fraction of sp³-hybridized carbons (Fsp3) is 0.300. The predicted octanol–water partition coefficient (Wildman–Crippen LogP) is 5.97. The molecule has 21 heavy (non-hydrogen) atoms. The van der Waals surface area contributed by atoms with Crippen molar-refractivity contribution in [1.82, 2.24) is 0 Å². The fourth-order valence-electron chi connectivity index (χ4n) is 2.16. The Kier molecular flexibility index (Phi) is 5.78. The molecule has 0 aliphatic heterocycles.